The van der Waals surface area contributed by atoms with Crippen LogP contribution in [0, 0.1) is 13.8 Å². The molecule has 1 N–H and O–H groups in total. The Hall–Kier alpha value is -2.70. The van der Waals surface area contributed by atoms with Crippen LogP contribution in [0.25, 0.3) is 21.3 Å². The molecule has 0 aliphatic heterocycles. The average molecular weight is 406 g/mol. The Balaban J connectivity index is 1.51. The van der Waals surface area contributed by atoms with E-state index in [0.717, 1.165) is 32.1 Å². The summed E-state index contributed by atoms with van der Waals surface area (Å²) in [5.74, 6) is 0.244. The SMILES string of the molecule is Cc1sc2ncnc(SCC(=O)Nc3ccccc3-c3ccccc3)c2c1C. The van der Waals surface area contributed by atoms with Gasteiger partial charge in [-0.2, -0.15) is 0 Å². The zero-order valence-corrected chi connectivity index (χ0v) is 17.2. The van der Waals surface area contributed by atoms with E-state index in [0.29, 0.717) is 5.75 Å². The van der Waals surface area contributed by atoms with Crippen LogP contribution >= 0.6 is 23.1 Å². The number of anilines is 1. The van der Waals surface area contributed by atoms with Crippen molar-refractivity contribution in [2.75, 3.05) is 11.1 Å². The maximum atomic E-state index is 12.6. The predicted octanol–water partition coefficient (Wildman–Crippen LogP) is 5.71. The van der Waals surface area contributed by atoms with Crippen LogP contribution in [0.5, 0.6) is 0 Å². The molecule has 0 atom stereocenters. The van der Waals surface area contributed by atoms with Crippen LogP contribution in [0.15, 0.2) is 66.0 Å². The molecule has 4 nitrogen and oxygen atoms in total. The van der Waals surface area contributed by atoms with Gasteiger partial charge in [-0.3, -0.25) is 4.79 Å². The van der Waals surface area contributed by atoms with Gasteiger partial charge in [0.15, 0.2) is 0 Å². The predicted molar refractivity (Wildman–Crippen MR) is 118 cm³/mol. The third-order valence-corrected chi connectivity index (χ3v) is 6.66. The van der Waals surface area contributed by atoms with Crippen molar-refractivity contribution in [3.05, 3.63) is 71.4 Å². The lowest BCUT2D eigenvalue weighted by molar-refractivity contribution is -0.113. The molecule has 28 heavy (non-hydrogen) atoms. The standard InChI is InChI=1S/C22H19N3OS2/c1-14-15(2)28-22-20(14)21(23-13-24-22)27-12-19(26)25-18-11-7-6-10-17(18)16-8-4-3-5-9-16/h3-11,13H,12H2,1-2H3,(H,25,26). The van der Waals surface area contributed by atoms with Crippen LogP contribution in [-0.4, -0.2) is 21.6 Å². The zero-order chi connectivity index (χ0) is 19.5. The molecular formula is C22H19N3OS2. The highest BCUT2D eigenvalue weighted by Crippen LogP contribution is 2.34. The van der Waals surface area contributed by atoms with E-state index in [-0.39, 0.29) is 5.91 Å². The molecular weight excluding hydrogens is 386 g/mol. The molecule has 1 amide bonds. The second-order valence-electron chi connectivity index (χ2n) is 6.39. The minimum atomic E-state index is -0.0512. The van der Waals surface area contributed by atoms with E-state index in [4.69, 9.17) is 0 Å². The number of rotatable bonds is 5. The van der Waals surface area contributed by atoms with E-state index in [1.807, 2.05) is 54.6 Å². The summed E-state index contributed by atoms with van der Waals surface area (Å²) in [7, 11) is 0. The summed E-state index contributed by atoms with van der Waals surface area (Å²) in [4.78, 5) is 23.6. The number of amides is 1. The number of hydrogen-bond donors (Lipinski definition) is 1. The molecule has 2 heterocycles. The molecule has 0 radical (unpaired) electrons. The van der Waals surface area contributed by atoms with Crippen molar-refractivity contribution < 1.29 is 4.79 Å². The highest BCUT2D eigenvalue weighted by molar-refractivity contribution is 8.00. The van der Waals surface area contributed by atoms with Crippen LogP contribution < -0.4 is 5.32 Å². The second kappa shape index (κ2) is 8.12. The molecule has 0 aliphatic rings. The van der Waals surface area contributed by atoms with E-state index >= 15 is 0 Å². The normalized spacial score (nSPS) is 10.9. The number of aryl methyl sites for hydroxylation is 2. The molecule has 0 fully saturated rings. The number of nitrogens with one attached hydrogen (secondary N) is 1. The van der Waals surface area contributed by atoms with Gasteiger partial charge < -0.3 is 5.32 Å². The first-order valence-corrected chi connectivity index (χ1v) is 10.7. The van der Waals surface area contributed by atoms with Gasteiger partial charge in [0.25, 0.3) is 0 Å². The van der Waals surface area contributed by atoms with Crippen LogP contribution in [0.2, 0.25) is 0 Å². The van der Waals surface area contributed by atoms with E-state index in [1.165, 1.54) is 22.2 Å². The van der Waals surface area contributed by atoms with Crippen LogP contribution in [0.3, 0.4) is 0 Å². The van der Waals surface area contributed by atoms with Crippen molar-refractivity contribution in [2.45, 2.75) is 18.9 Å². The number of aromatic nitrogens is 2. The Morgan fingerprint density at radius 1 is 1.04 bits per heavy atom. The number of hydrogen-bond acceptors (Lipinski definition) is 5. The van der Waals surface area contributed by atoms with Crippen molar-refractivity contribution >= 4 is 44.9 Å². The third kappa shape index (κ3) is 3.79. The second-order valence-corrected chi connectivity index (χ2v) is 8.56. The van der Waals surface area contributed by atoms with Crippen molar-refractivity contribution in [3.63, 3.8) is 0 Å². The molecule has 0 saturated carbocycles. The highest BCUT2D eigenvalue weighted by atomic mass is 32.2. The first-order chi connectivity index (χ1) is 13.6. The Morgan fingerprint density at radius 3 is 2.61 bits per heavy atom. The van der Waals surface area contributed by atoms with Crippen LogP contribution in [-0.2, 0) is 4.79 Å². The minimum absolute atomic E-state index is 0.0512. The molecule has 2 aromatic carbocycles. The molecule has 6 heteroatoms. The topological polar surface area (TPSA) is 54.9 Å². The molecule has 4 aromatic rings. The van der Waals surface area contributed by atoms with Gasteiger partial charge in [0.05, 0.1) is 5.75 Å². The molecule has 0 aliphatic carbocycles. The number of thiophene rings is 1. The lowest BCUT2D eigenvalue weighted by Gasteiger charge is -2.11. The van der Waals surface area contributed by atoms with Gasteiger partial charge in [0, 0.05) is 21.5 Å². The number of thioether (sulfide) groups is 1. The van der Waals surface area contributed by atoms with Crippen molar-refractivity contribution in [2.24, 2.45) is 0 Å². The Bertz CT molecular complexity index is 1140. The third-order valence-electron chi connectivity index (χ3n) is 4.56. The summed E-state index contributed by atoms with van der Waals surface area (Å²) in [6.45, 7) is 4.17. The lowest BCUT2D eigenvalue weighted by Crippen LogP contribution is -2.14. The first kappa shape index (κ1) is 18.7. The minimum Gasteiger partial charge on any atom is -0.325 e. The Morgan fingerprint density at radius 2 is 1.79 bits per heavy atom. The monoisotopic (exact) mass is 405 g/mol. The van der Waals surface area contributed by atoms with Gasteiger partial charge >= 0.3 is 0 Å². The maximum Gasteiger partial charge on any atom is 0.234 e. The van der Waals surface area contributed by atoms with Gasteiger partial charge in [-0.15, -0.1) is 11.3 Å². The number of nitrogens with zero attached hydrogens (tertiary/aromatic N) is 2. The fraction of sp³-hybridized carbons (Fsp3) is 0.136. The molecule has 0 unspecified atom stereocenters. The van der Waals surface area contributed by atoms with Crippen molar-refractivity contribution in [1.82, 2.24) is 9.97 Å². The number of para-hydroxylation sites is 1. The summed E-state index contributed by atoms with van der Waals surface area (Å²) < 4.78 is 0. The van der Waals surface area contributed by atoms with Crippen LogP contribution in [0.1, 0.15) is 10.4 Å². The zero-order valence-electron chi connectivity index (χ0n) is 15.6. The van der Waals surface area contributed by atoms with E-state index < -0.39 is 0 Å². The first-order valence-electron chi connectivity index (χ1n) is 8.91. The lowest BCUT2D eigenvalue weighted by atomic mass is 10.0. The van der Waals surface area contributed by atoms with Gasteiger partial charge in [-0.25, -0.2) is 9.97 Å². The number of fused-ring (bicyclic) bond motifs is 1. The maximum absolute atomic E-state index is 12.6. The van der Waals surface area contributed by atoms with Gasteiger partial charge in [-0.1, -0.05) is 60.3 Å². The fourth-order valence-corrected chi connectivity index (χ4v) is 4.96. The smallest absolute Gasteiger partial charge is 0.234 e. The summed E-state index contributed by atoms with van der Waals surface area (Å²) in [5, 5.41) is 4.97. The van der Waals surface area contributed by atoms with Crippen molar-refractivity contribution in [1.29, 1.82) is 0 Å². The van der Waals surface area contributed by atoms with E-state index in [1.54, 1.807) is 17.7 Å². The van der Waals surface area contributed by atoms with E-state index in [9.17, 15) is 4.79 Å². The summed E-state index contributed by atoms with van der Waals surface area (Å²) in [6, 6.07) is 17.9. The quantitative estimate of drug-likeness (QED) is 0.341. The fourth-order valence-electron chi connectivity index (χ4n) is 3.04. The van der Waals surface area contributed by atoms with Crippen LogP contribution in [0.4, 0.5) is 5.69 Å². The molecule has 4 rings (SSSR count). The average Bonchev–Trinajstić information content (AvgIpc) is 3.02. The molecule has 0 spiro atoms. The highest BCUT2D eigenvalue weighted by Gasteiger charge is 2.14. The number of carbonyl (C=O) groups is 1. The van der Waals surface area contributed by atoms with Gasteiger partial charge in [-0.05, 0) is 31.0 Å². The molecule has 0 saturated heterocycles. The molecule has 2 aromatic heterocycles. The van der Waals surface area contributed by atoms with Gasteiger partial charge in [0.2, 0.25) is 5.91 Å². The molecule has 0 bridgehead atoms. The Kier molecular flexibility index (Phi) is 5.41. The number of benzene rings is 2. The number of carbonyl (C=O) groups excluding carboxylic acids is 1. The van der Waals surface area contributed by atoms with Crippen molar-refractivity contribution in [3.8, 4) is 11.1 Å². The largest absolute Gasteiger partial charge is 0.325 e. The van der Waals surface area contributed by atoms with Gasteiger partial charge in [0.1, 0.15) is 16.2 Å². The Labute approximate surface area is 172 Å². The molecule has 140 valence electrons. The summed E-state index contributed by atoms with van der Waals surface area (Å²) in [6.07, 6.45) is 1.57. The summed E-state index contributed by atoms with van der Waals surface area (Å²) in [5.41, 5.74) is 4.09. The van der Waals surface area contributed by atoms with E-state index in [2.05, 4.69) is 29.1 Å². The summed E-state index contributed by atoms with van der Waals surface area (Å²) >= 11 is 3.11.